The third-order valence-electron chi connectivity index (χ3n) is 7.35. The first-order chi connectivity index (χ1) is 18.0. The number of nitrogens with zero attached hydrogens (tertiary/aromatic N) is 6. The maximum atomic E-state index is 13.0. The number of benzene rings is 1. The molecule has 2 atom stereocenters. The van der Waals surface area contributed by atoms with Crippen molar-refractivity contribution in [3.63, 3.8) is 0 Å². The minimum atomic E-state index is -0.212. The van der Waals surface area contributed by atoms with Crippen LogP contribution in [0.15, 0.2) is 61.2 Å². The highest BCUT2D eigenvalue weighted by Crippen LogP contribution is 2.31. The van der Waals surface area contributed by atoms with Gasteiger partial charge in [-0.25, -0.2) is 9.50 Å². The van der Waals surface area contributed by atoms with Gasteiger partial charge < -0.3 is 10.2 Å². The van der Waals surface area contributed by atoms with Gasteiger partial charge in [0, 0.05) is 62.6 Å². The van der Waals surface area contributed by atoms with Gasteiger partial charge in [0.1, 0.15) is 5.69 Å². The Morgan fingerprint density at radius 3 is 2.70 bits per heavy atom. The molecular formula is C29H29N7O. The molecule has 8 nitrogen and oxygen atoms in total. The summed E-state index contributed by atoms with van der Waals surface area (Å²) in [7, 11) is 2.22. The summed E-state index contributed by atoms with van der Waals surface area (Å²) in [6.07, 6.45) is 6.57. The quantitative estimate of drug-likeness (QED) is 0.442. The summed E-state index contributed by atoms with van der Waals surface area (Å²) in [6.45, 7) is 7.85. The highest BCUT2D eigenvalue weighted by atomic mass is 16.1. The van der Waals surface area contributed by atoms with Crippen LogP contribution in [0.2, 0.25) is 0 Å². The number of aromatic nitrogens is 4. The van der Waals surface area contributed by atoms with Crippen LogP contribution in [0.25, 0.3) is 5.65 Å². The molecule has 4 aromatic rings. The number of amides is 1. The molecule has 8 heteroatoms. The summed E-state index contributed by atoms with van der Waals surface area (Å²) in [5.74, 6) is 7.52. The van der Waals surface area contributed by atoms with Crippen molar-refractivity contribution in [1.82, 2.24) is 29.4 Å². The molecule has 0 radical (unpaired) electrons. The molecule has 186 valence electrons. The lowest BCUT2D eigenvalue weighted by Crippen LogP contribution is -2.26. The van der Waals surface area contributed by atoms with Gasteiger partial charge in [0.15, 0.2) is 5.65 Å². The molecule has 5 heterocycles. The first kappa shape index (κ1) is 23.3. The fourth-order valence-corrected chi connectivity index (χ4v) is 5.53. The highest BCUT2D eigenvalue weighted by molar-refractivity contribution is 6.04. The molecule has 1 aromatic carbocycles. The zero-order valence-corrected chi connectivity index (χ0v) is 21.1. The van der Waals surface area contributed by atoms with Crippen LogP contribution >= 0.6 is 0 Å². The van der Waals surface area contributed by atoms with Gasteiger partial charge in [0.05, 0.1) is 11.8 Å². The second kappa shape index (κ2) is 9.77. The second-order valence-corrected chi connectivity index (χ2v) is 10.2. The van der Waals surface area contributed by atoms with Crippen LogP contribution in [0.3, 0.4) is 0 Å². The molecule has 1 N–H and O–H groups in total. The van der Waals surface area contributed by atoms with Gasteiger partial charge in [-0.1, -0.05) is 12.0 Å². The van der Waals surface area contributed by atoms with Gasteiger partial charge in [-0.05, 0) is 73.2 Å². The Bertz CT molecular complexity index is 1520. The lowest BCUT2D eigenvalue weighted by molar-refractivity contribution is 0.102. The molecule has 2 fully saturated rings. The number of carbonyl (C=O) groups is 1. The van der Waals surface area contributed by atoms with Gasteiger partial charge in [0.2, 0.25) is 0 Å². The summed E-state index contributed by atoms with van der Waals surface area (Å²) >= 11 is 0. The molecule has 0 spiro atoms. The Labute approximate surface area is 216 Å². The smallest absolute Gasteiger partial charge is 0.257 e. The standard InChI is InChI=1S/C29H29N7O/c1-20-10-26(7-6-22(20)17-35-18-24-15-34(2)16-25(24)19-35)33-29(37)23-11-21(12-30-13-23)5-8-27-14-31-28-4-3-9-32-36(27)28/h3-4,6-7,9-14,24-25H,15-19H2,1-2H3,(H,33,37). The van der Waals surface area contributed by atoms with Crippen molar-refractivity contribution in [2.75, 3.05) is 38.5 Å². The Kier molecular flexibility index (Phi) is 6.16. The average Bonchev–Trinajstić information content (AvgIpc) is 3.57. The molecule has 0 bridgehead atoms. The van der Waals surface area contributed by atoms with Crippen LogP contribution in [-0.2, 0) is 6.54 Å². The highest BCUT2D eigenvalue weighted by Gasteiger charge is 2.38. The van der Waals surface area contributed by atoms with Crippen molar-refractivity contribution >= 4 is 17.2 Å². The van der Waals surface area contributed by atoms with E-state index in [4.69, 9.17) is 0 Å². The Morgan fingerprint density at radius 2 is 1.89 bits per heavy atom. The number of hydrogen-bond donors (Lipinski definition) is 1. The fraction of sp³-hybridized carbons (Fsp3) is 0.310. The minimum absolute atomic E-state index is 0.212. The monoisotopic (exact) mass is 491 g/mol. The number of nitrogens with one attached hydrogen (secondary N) is 1. The van der Waals surface area contributed by atoms with Gasteiger partial charge in [0.25, 0.3) is 5.91 Å². The van der Waals surface area contributed by atoms with Crippen LogP contribution in [0, 0.1) is 30.6 Å². The molecule has 2 saturated heterocycles. The lowest BCUT2D eigenvalue weighted by Gasteiger charge is -2.20. The van der Waals surface area contributed by atoms with Crippen molar-refractivity contribution in [2.24, 2.45) is 11.8 Å². The van der Waals surface area contributed by atoms with E-state index in [-0.39, 0.29) is 5.91 Å². The first-order valence-electron chi connectivity index (χ1n) is 12.6. The number of fused-ring (bicyclic) bond motifs is 2. The van der Waals surface area contributed by atoms with Gasteiger partial charge in [-0.3, -0.25) is 14.7 Å². The zero-order chi connectivity index (χ0) is 25.4. The van der Waals surface area contributed by atoms with E-state index in [9.17, 15) is 4.79 Å². The molecule has 37 heavy (non-hydrogen) atoms. The maximum absolute atomic E-state index is 13.0. The number of pyridine rings is 1. The van der Waals surface area contributed by atoms with Crippen molar-refractivity contribution in [1.29, 1.82) is 0 Å². The van der Waals surface area contributed by atoms with Crippen LogP contribution in [0.1, 0.15) is 32.7 Å². The minimum Gasteiger partial charge on any atom is -0.322 e. The molecule has 2 unspecified atom stereocenters. The lowest BCUT2D eigenvalue weighted by atomic mass is 10.0. The van der Waals surface area contributed by atoms with Crippen LogP contribution in [0.5, 0.6) is 0 Å². The molecule has 6 rings (SSSR count). The van der Waals surface area contributed by atoms with Crippen molar-refractivity contribution in [3.8, 4) is 11.8 Å². The predicted molar refractivity (Wildman–Crippen MR) is 142 cm³/mol. The number of rotatable bonds is 4. The Hall–Kier alpha value is -4.06. The first-order valence-corrected chi connectivity index (χ1v) is 12.6. The van der Waals surface area contributed by atoms with Crippen molar-refractivity contribution < 1.29 is 4.79 Å². The van der Waals surface area contributed by atoms with Gasteiger partial charge in [-0.2, -0.15) is 5.10 Å². The summed E-state index contributed by atoms with van der Waals surface area (Å²) in [4.78, 5) is 26.5. The Morgan fingerprint density at radius 1 is 1.05 bits per heavy atom. The number of imidazole rings is 1. The summed E-state index contributed by atoms with van der Waals surface area (Å²) in [6, 6.07) is 11.6. The van der Waals surface area contributed by atoms with Crippen LogP contribution in [0.4, 0.5) is 5.69 Å². The number of likely N-dealkylation sites (tertiary alicyclic amines) is 2. The third-order valence-corrected chi connectivity index (χ3v) is 7.35. The average molecular weight is 492 g/mol. The number of hydrogen-bond acceptors (Lipinski definition) is 6. The fourth-order valence-electron chi connectivity index (χ4n) is 5.53. The van der Waals surface area contributed by atoms with Gasteiger partial charge >= 0.3 is 0 Å². The van der Waals surface area contributed by atoms with E-state index in [1.807, 2.05) is 24.3 Å². The molecule has 1 amide bonds. The SMILES string of the molecule is Cc1cc(NC(=O)c2cncc(C#Cc3cnc4cccnn34)c2)ccc1CN1CC2CN(C)CC2C1. The summed E-state index contributed by atoms with van der Waals surface area (Å²) < 4.78 is 1.68. The number of aryl methyl sites for hydroxylation is 1. The van der Waals surface area contributed by atoms with Crippen molar-refractivity contribution in [2.45, 2.75) is 13.5 Å². The Balaban J connectivity index is 1.11. The van der Waals surface area contributed by atoms with E-state index in [0.29, 0.717) is 16.8 Å². The van der Waals surface area contributed by atoms with Gasteiger partial charge in [-0.15, -0.1) is 0 Å². The van der Waals surface area contributed by atoms with E-state index in [1.54, 1.807) is 35.4 Å². The van der Waals surface area contributed by atoms with E-state index < -0.39 is 0 Å². The van der Waals surface area contributed by atoms with E-state index in [2.05, 4.69) is 62.1 Å². The zero-order valence-electron chi connectivity index (χ0n) is 21.1. The maximum Gasteiger partial charge on any atom is 0.257 e. The van der Waals surface area contributed by atoms with E-state index in [0.717, 1.165) is 29.7 Å². The number of anilines is 1. The van der Waals surface area contributed by atoms with Crippen LogP contribution in [-0.4, -0.2) is 68.5 Å². The van der Waals surface area contributed by atoms with Crippen molar-refractivity contribution in [3.05, 3.63) is 89.1 Å². The normalized spacial score (nSPS) is 19.5. The topological polar surface area (TPSA) is 78.7 Å². The van der Waals surface area contributed by atoms with Crippen LogP contribution < -0.4 is 5.32 Å². The number of carbonyl (C=O) groups excluding carboxylic acids is 1. The second-order valence-electron chi connectivity index (χ2n) is 10.2. The molecule has 0 aliphatic carbocycles. The predicted octanol–water partition coefficient (Wildman–Crippen LogP) is 3.08. The largest absolute Gasteiger partial charge is 0.322 e. The summed E-state index contributed by atoms with van der Waals surface area (Å²) in [5, 5.41) is 7.28. The molecule has 2 aliphatic heterocycles. The third kappa shape index (κ3) is 4.96. The molecule has 0 saturated carbocycles. The van der Waals surface area contributed by atoms with E-state index in [1.165, 1.54) is 37.3 Å². The summed E-state index contributed by atoms with van der Waals surface area (Å²) in [5.41, 5.74) is 5.78. The van der Waals surface area contributed by atoms with E-state index >= 15 is 0 Å². The molecule has 3 aromatic heterocycles. The molecule has 2 aliphatic rings. The molecular weight excluding hydrogens is 462 g/mol.